The summed E-state index contributed by atoms with van der Waals surface area (Å²) in [4.78, 5) is 12.6. The lowest BCUT2D eigenvalue weighted by Gasteiger charge is -2.07. The Balaban J connectivity index is 2.16. The highest BCUT2D eigenvalue weighted by molar-refractivity contribution is 9.13. The average molecular weight is 454 g/mol. The Morgan fingerprint density at radius 3 is 2.43 bits per heavy atom. The molecule has 0 spiro atoms. The van der Waals surface area contributed by atoms with E-state index in [9.17, 15) is 13.2 Å². The summed E-state index contributed by atoms with van der Waals surface area (Å²) in [7, 11) is -3.35. The number of rotatable bonds is 4. The molecule has 1 aromatic carbocycles. The van der Waals surface area contributed by atoms with Crippen molar-refractivity contribution in [3.8, 4) is 0 Å². The van der Waals surface area contributed by atoms with E-state index in [1.807, 2.05) is 0 Å². The maximum Gasteiger partial charge on any atom is 0.265 e. The number of carbonyl (C=O) groups excluding carboxylic acids is 1. The van der Waals surface area contributed by atoms with Crippen LogP contribution in [0.1, 0.15) is 9.67 Å². The molecule has 0 bridgehead atoms. The van der Waals surface area contributed by atoms with Crippen molar-refractivity contribution in [1.82, 2.24) is 0 Å². The lowest BCUT2D eigenvalue weighted by Crippen LogP contribution is -2.12. The van der Waals surface area contributed by atoms with Crippen molar-refractivity contribution in [3.05, 3.63) is 43.5 Å². The Kier molecular flexibility index (Phi) is 5.07. The van der Waals surface area contributed by atoms with Crippen LogP contribution in [0, 0.1) is 0 Å². The van der Waals surface area contributed by atoms with Gasteiger partial charge in [0.15, 0.2) is 0 Å². The van der Waals surface area contributed by atoms with Gasteiger partial charge in [-0.05, 0) is 56.1 Å². The van der Waals surface area contributed by atoms with Crippen LogP contribution in [0.5, 0.6) is 0 Å². The van der Waals surface area contributed by atoms with E-state index in [0.717, 1.165) is 14.5 Å². The summed E-state index contributed by atoms with van der Waals surface area (Å²) >= 11 is 7.95. The second-order valence-electron chi connectivity index (χ2n) is 4.14. The molecule has 112 valence electrons. The molecule has 0 aliphatic heterocycles. The first-order valence-corrected chi connectivity index (χ1v) is 9.88. The van der Waals surface area contributed by atoms with Crippen LogP contribution in [0.15, 0.2) is 38.6 Å². The third-order valence-corrected chi connectivity index (χ3v) is 6.15. The summed E-state index contributed by atoms with van der Waals surface area (Å²) in [6.07, 6.45) is 1.07. The molecule has 2 rings (SSSR count). The molecular weight excluding hydrogens is 444 g/mol. The molecule has 0 fully saturated rings. The summed E-state index contributed by atoms with van der Waals surface area (Å²) in [5.41, 5.74) is 0.901. The van der Waals surface area contributed by atoms with Gasteiger partial charge in [0.05, 0.1) is 20.6 Å². The third-order valence-electron chi connectivity index (χ3n) is 2.29. The summed E-state index contributed by atoms with van der Waals surface area (Å²) < 4.78 is 26.4. The maximum absolute atomic E-state index is 12.1. The topological polar surface area (TPSA) is 75.3 Å². The van der Waals surface area contributed by atoms with Gasteiger partial charge in [-0.3, -0.25) is 9.52 Å². The number of amides is 1. The van der Waals surface area contributed by atoms with Crippen molar-refractivity contribution < 1.29 is 13.2 Å². The van der Waals surface area contributed by atoms with Gasteiger partial charge in [0.2, 0.25) is 10.0 Å². The molecule has 0 radical (unpaired) electrons. The van der Waals surface area contributed by atoms with E-state index in [0.29, 0.717) is 16.3 Å². The quantitative estimate of drug-likeness (QED) is 0.737. The number of benzene rings is 1. The minimum absolute atomic E-state index is 0.261. The summed E-state index contributed by atoms with van der Waals surface area (Å²) in [5.74, 6) is -0.261. The number of hydrogen-bond donors (Lipinski definition) is 2. The number of thiophene rings is 1. The highest BCUT2D eigenvalue weighted by atomic mass is 79.9. The van der Waals surface area contributed by atoms with Gasteiger partial charge in [-0.15, -0.1) is 11.3 Å². The minimum Gasteiger partial charge on any atom is -0.321 e. The second kappa shape index (κ2) is 6.47. The predicted molar refractivity (Wildman–Crippen MR) is 92.6 cm³/mol. The van der Waals surface area contributed by atoms with Crippen LogP contribution >= 0.6 is 43.2 Å². The number of hydrogen-bond acceptors (Lipinski definition) is 4. The first-order chi connectivity index (χ1) is 9.74. The highest BCUT2D eigenvalue weighted by Gasteiger charge is 2.12. The van der Waals surface area contributed by atoms with Gasteiger partial charge >= 0.3 is 0 Å². The largest absolute Gasteiger partial charge is 0.321 e. The number of carbonyl (C=O) groups is 1. The molecular formula is C12H10Br2N2O3S2. The van der Waals surface area contributed by atoms with Crippen LogP contribution in [0.3, 0.4) is 0 Å². The van der Waals surface area contributed by atoms with Crippen LogP contribution in [-0.2, 0) is 10.0 Å². The smallest absolute Gasteiger partial charge is 0.265 e. The van der Waals surface area contributed by atoms with Crippen molar-refractivity contribution >= 4 is 70.5 Å². The molecule has 0 atom stereocenters. The van der Waals surface area contributed by atoms with E-state index in [1.165, 1.54) is 11.3 Å². The van der Waals surface area contributed by atoms with Crippen molar-refractivity contribution in [3.63, 3.8) is 0 Å². The molecule has 0 saturated carbocycles. The van der Waals surface area contributed by atoms with Crippen LogP contribution in [0.2, 0.25) is 0 Å². The van der Waals surface area contributed by atoms with E-state index >= 15 is 0 Å². The molecule has 2 aromatic rings. The van der Waals surface area contributed by atoms with Gasteiger partial charge < -0.3 is 5.32 Å². The fraction of sp³-hybridized carbons (Fsp3) is 0.0833. The number of nitrogens with one attached hydrogen (secondary N) is 2. The number of halogens is 2. The summed E-state index contributed by atoms with van der Waals surface area (Å²) in [6, 6.07) is 8.21. The van der Waals surface area contributed by atoms with Crippen LogP contribution < -0.4 is 10.0 Å². The first-order valence-electron chi connectivity index (χ1n) is 5.58. The molecule has 5 nitrogen and oxygen atoms in total. The molecule has 21 heavy (non-hydrogen) atoms. The Labute approximate surface area is 143 Å². The van der Waals surface area contributed by atoms with E-state index in [1.54, 1.807) is 30.3 Å². The average Bonchev–Trinajstić information content (AvgIpc) is 2.68. The molecule has 0 aliphatic carbocycles. The fourth-order valence-corrected chi connectivity index (χ4v) is 4.01. The molecule has 1 heterocycles. The van der Waals surface area contributed by atoms with E-state index in [-0.39, 0.29) is 5.91 Å². The van der Waals surface area contributed by atoms with Gasteiger partial charge in [-0.25, -0.2) is 8.42 Å². The van der Waals surface area contributed by atoms with Gasteiger partial charge in [0.1, 0.15) is 0 Å². The molecule has 0 aliphatic rings. The minimum atomic E-state index is -3.35. The monoisotopic (exact) mass is 452 g/mol. The van der Waals surface area contributed by atoms with Gasteiger partial charge in [-0.2, -0.15) is 0 Å². The van der Waals surface area contributed by atoms with Gasteiger partial charge in [-0.1, -0.05) is 6.07 Å². The SMILES string of the molecule is CS(=O)(=O)Nc1cccc(NC(=O)c2cc(Br)c(Br)s2)c1. The summed E-state index contributed by atoms with van der Waals surface area (Å²) in [5, 5.41) is 2.72. The van der Waals surface area contributed by atoms with E-state index in [4.69, 9.17) is 0 Å². The Morgan fingerprint density at radius 1 is 1.19 bits per heavy atom. The molecule has 2 N–H and O–H groups in total. The molecule has 0 saturated heterocycles. The number of anilines is 2. The van der Waals surface area contributed by atoms with Crippen LogP contribution in [0.25, 0.3) is 0 Å². The molecule has 1 amide bonds. The van der Waals surface area contributed by atoms with Crippen LogP contribution in [-0.4, -0.2) is 20.6 Å². The zero-order valence-electron chi connectivity index (χ0n) is 10.7. The second-order valence-corrected chi connectivity index (χ2v) is 9.11. The Hall–Kier alpha value is -0.900. The molecule has 9 heteroatoms. The number of sulfonamides is 1. The van der Waals surface area contributed by atoms with Gasteiger partial charge in [0, 0.05) is 10.2 Å². The fourth-order valence-electron chi connectivity index (χ4n) is 1.53. The molecule has 0 unspecified atom stereocenters. The lowest BCUT2D eigenvalue weighted by atomic mass is 10.3. The van der Waals surface area contributed by atoms with Crippen LogP contribution in [0.4, 0.5) is 11.4 Å². The zero-order valence-corrected chi connectivity index (χ0v) is 15.5. The lowest BCUT2D eigenvalue weighted by molar-refractivity contribution is 0.103. The summed E-state index contributed by atoms with van der Waals surface area (Å²) in [6.45, 7) is 0. The van der Waals surface area contributed by atoms with Crippen molar-refractivity contribution in [1.29, 1.82) is 0 Å². The predicted octanol–water partition coefficient (Wildman–Crippen LogP) is 3.90. The highest BCUT2D eigenvalue weighted by Crippen LogP contribution is 2.32. The normalized spacial score (nSPS) is 11.2. The van der Waals surface area contributed by atoms with Crippen molar-refractivity contribution in [2.24, 2.45) is 0 Å². The first kappa shape index (κ1) is 16.5. The van der Waals surface area contributed by atoms with Gasteiger partial charge in [0.25, 0.3) is 5.91 Å². The molecule has 1 aromatic heterocycles. The Bertz CT molecular complexity index is 768. The zero-order chi connectivity index (χ0) is 15.6. The Morgan fingerprint density at radius 2 is 1.86 bits per heavy atom. The van der Waals surface area contributed by atoms with E-state index < -0.39 is 10.0 Å². The van der Waals surface area contributed by atoms with Crippen molar-refractivity contribution in [2.45, 2.75) is 0 Å². The van der Waals surface area contributed by atoms with E-state index in [2.05, 4.69) is 41.9 Å². The maximum atomic E-state index is 12.1. The van der Waals surface area contributed by atoms with Crippen molar-refractivity contribution in [2.75, 3.05) is 16.3 Å². The standard InChI is InChI=1S/C12H10Br2N2O3S2/c1-21(18,19)16-8-4-2-3-7(5-8)15-12(17)10-6-9(13)11(14)20-10/h2-6,16H,1H3,(H,15,17). The third kappa shape index (κ3) is 4.80.